The SMILES string of the molecule is CC(C)OC(=O)CN1CCC(Oc2c(F)c(Oc3cccc(C4=NCCN4C)c3)nc(Oc3cc(C(=N)N)ccc3O)c2F)CC1. The smallest absolute Gasteiger partial charge is 0.320 e. The van der Waals surface area contributed by atoms with Gasteiger partial charge in [0.05, 0.1) is 19.2 Å². The monoisotopic (exact) mass is 638 g/mol. The highest BCUT2D eigenvalue weighted by Gasteiger charge is 2.30. The molecule has 5 rings (SSSR count). The molecule has 0 spiro atoms. The Kier molecular flexibility index (Phi) is 9.85. The number of hydrogen-bond acceptors (Lipinski definition) is 11. The van der Waals surface area contributed by atoms with Crippen molar-refractivity contribution in [3.05, 3.63) is 65.2 Å². The van der Waals surface area contributed by atoms with E-state index in [1.807, 2.05) is 22.9 Å². The predicted octanol–water partition coefficient (Wildman–Crippen LogP) is 4.42. The maximum absolute atomic E-state index is 16.0. The lowest BCUT2D eigenvalue weighted by atomic mass is 10.1. The van der Waals surface area contributed by atoms with E-state index in [-0.39, 0.29) is 41.5 Å². The van der Waals surface area contributed by atoms with Crippen LogP contribution in [0, 0.1) is 17.0 Å². The summed E-state index contributed by atoms with van der Waals surface area (Å²) in [5.41, 5.74) is 6.50. The van der Waals surface area contributed by atoms with Gasteiger partial charge in [-0.05, 0) is 57.0 Å². The van der Waals surface area contributed by atoms with Gasteiger partial charge in [0.25, 0.3) is 11.8 Å². The lowest BCUT2D eigenvalue weighted by Gasteiger charge is -2.31. The summed E-state index contributed by atoms with van der Waals surface area (Å²) >= 11 is 0. The number of hydrogen-bond donors (Lipinski definition) is 3. The highest BCUT2D eigenvalue weighted by atomic mass is 19.1. The third kappa shape index (κ3) is 7.62. The van der Waals surface area contributed by atoms with E-state index in [0.29, 0.717) is 32.5 Å². The summed E-state index contributed by atoms with van der Waals surface area (Å²) in [6, 6.07) is 10.6. The largest absolute Gasteiger partial charge is 0.504 e. The number of likely N-dealkylation sites (tertiary alicyclic amines) is 1. The Labute approximate surface area is 264 Å². The van der Waals surface area contributed by atoms with Crippen LogP contribution in [0.2, 0.25) is 0 Å². The second-order valence-corrected chi connectivity index (χ2v) is 11.3. The molecular weight excluding hydrogens is 602 g/mol. The number of rotatable bonds is 11. The van der Waals surface area contributed by atoms with Crippen molar-refractivity contribution >= 4 is 17.6 Å². The fourth-order valence-electron chi connectivity index (χ4n) is 5.08. The van der Waals surface area contributed by atoms with E-state index in [1.54, 1.807) is 32.0 Å². The number of piperidine rings is 1. The molecule has 2 aliphatic heterocycles. The molecule has 2 aliphatic rings. The Hall–Kier alpha value is -4.98. The molecule has 1 saturated heterocycles. The lowest BCUT2D eigenvalue weighted by Crippen LogP contribution is -2.41. The van der Waals surface area contributed by atoms with Crippen molar-refractivity contribution < 1.29 is 37.6 Å². The molecule has 1 aromatic heterocycles. The quantitative estimate of drug-likeness (QED) is 0.156. The van der Waals surface area contributed by atoms with E-state index < -0.39 is 41.0 Å². The van der Waals surface area contributed by atoms with Crippen LogP contribution in [0.1, 0.15) is 37.8 Å². The molecule has 4 N–H and O–H groups in total. The van der Waals surface area contributed by atoms with Gasteiger partial charge in [0.1, 0.15) is 23.5 Å². The molecule has 14 heteroatoms. The normalized spacial score (nSPS) is 15.5. The van der Waals surface area contributed by atoms with E-state index in [4.69, 9.17) is 30.1 Å². The number of likely N-dealkylation sites (N-methyl/N-ethyl adjacent to an activating group) is 1. The Morgan fingerprint density at radius 2 is 1.80 bits per heavy atom. The van der Waals surface area contributed by atoms with Crippen molar-refractivity contribution in [3.63, 3.8) is 0 Å². The van der Waals surface area contributed by atoms with Gasteiger partial charge in [-0.15, -0.1) is 0 Å². The number of amidine groups is 2. The van der Waals surface area contributed by atoms with Crippen molar-refractivity contribution in [2.45, 2.75) is 38.9 Å². The third-order valence-electron chi connectivity index (χ3n) is 7.36. The van der Waals surface area contributed by atoms with Crippen LogP contribution in [-0.4, -0.2) is 89.5 Å². The molecule has 0 saturated carbocycles. The standard InChI is InChI=1S/C32H36F2N6O6/c1-18(2)43-25(42)17-40-12-9-21(10-13-40)44-28-26(33)31(45-22-6-4-5-20(15-22)30-37-11-14-39(30)3)38-32(27(28)34)46-24-16-19(29(35)36)7-8-23(24)41/h4-8,15-16,18,21,41H,9-14,17H2,1-3H3,(H3,35,36). The van der Waals surface area contributed by atoms with E-state index in [1.165, 1.54) is 18.2 Å². The Bertz CT molecular complexity index is 1640. The first-order valence-electron chi connectivity index (χ1n) is 14.8. The number of aromatic hydroxyl groups is 1. The molecule has 0 atom stereocenters. The van der Waals surface area contributed by atoms with Crippen LogP contribution < -0.4 is 19.9 Å². The Balaban J connectivity index is 1.43. The highest BCUT2D eigenvalue weighted by molar-refractivity contribution is 6.00. The average molecular weight is 639 g/mol. The summed E-state index contributed by atoms with van der Waals surface area (Å²) in [6.07, 6.45) is -0.0762. The maximum Gasteiger partial charge on any atom is 0.320 e. The van der Waals surface area contributed by atoms with Crippen molar-refractivity contribution in [1.29, 1.82) is 5.41 Å². The zero-order valence-electron chi connectivity index (χ0n) is 25.8. The topological polar surface area (TPSA) is 156 Å². The second kappa shape index (κ2) is 14.0. The number of ether oxygens (including phenoxy) is 4. The lowest BCUT2D eigenvalue weighted by molar-refractivity contribution is -0.149. The molecule has 12 nitrogen and oxygen atoms in total. The number of halogens is 2. The van der Waals surface area contributed by atoms with E-state index in [2.05, 4.69) is 9.98 Å². The number of aromatic nitrogens is 1. The van der Waals surface area contributed by atoms with E-state index >= 15 is 8.78 Å². The second-order valence-electron chi connectivity index (χ2n) is 11.3. The number of carbonyl (C=O) groups is 1. The van der Waals surface area contributed by atoms with Crippen LogP contribution in [-0.2, 0) is 9.53 Å². The number of benzene rings is 2. The van der Waals surface area contributed by atoms with E-state index in [9.17, 15) is 9.90 Å². The Morgan fingerprint density at radius 3 is 2.46 bits per heavy atom. The summed E-state index contributed by atoms with van der Waals surface area (Å²) in [6.45, 7) is 5.92. The molecule has 1 fully saturated rings. The number of nitrogens with two attached hydrogens (primary N) is 1. The van der Waals surface area contributed by atoms with Crippen LogP contribution >= 0.6 is 0 Å². The number of pyridine rings is 1. The van der Waals surface area contributed by atoms with Crippen LogP contribution in [0.15, 0.2) is 47.5 Å². The van der Waals surface area contributed by atoms with E-state index in [0.717, 1.165) is 17.9 Å². The number of carbonyl (C=O) groups excluding carboxylic acids is 1. The summed E-state index contributed by atoms with van der Waals surface area (Å²) in [5, 5.41) is 18.1. The number of phenolic OH excluding ortho intramolecular Hbond substituents is 1. The zero-order chi connectivity index (χ0) is 33.0. The number of phenols is 1. The van der Waals surface area contributed by atoms with Gasteiger partial charge in [-0.3, -0.25) is 20.1 Å². The minimum Gasteiger partial charge on any atom is -0.504 e. The molecule has 0 bridgehead atoms. The van der Waals surface area contributed by atoms with Crippen molar-refractivity contribution in [2.75, 3.05) is 39.8 Å². The molecule has 3 heterocycles. The number of nitrogen functional groups attached to an aromatic ring is 1. The fourth-order valence-corrected chi connectivity index (χ4v) is 5.08. The summed E-state index contributed by atoms with van der Waals surface area (Å²) in [7, 11) is 1.91. The summed E-state index contributed by atoms with van der Waals surface area (Å²) in [5.74, 6) is -4.93. The molecule has 0 unspecified atom stereocenters. The molecule has 0 aliphatic carbocycles. The van der Waals surface area contributed by atoms with Crippen molar-refractivity contribution in [3.8, 4) is 34.8 Å². The molecule has 244 valence electrons. The van der Waals surface area contributed by atoms with Gasteiger partial charge in [0, 0.05) is 37.8 Å². The van der Waals surface area contributed by atoms with Gasteiger partial charge in [0.15, 0.2) is 11.5 Å². The molecule has 3 aromatic rings. The molecule has 0 radical (unpaired) electrons. The van der Waals surface area contributed by atoms with Gasteiger partial charge in [-0.1, -0.05) is 12.1 Å². The number of nitrogens with zero attached hydrogens (tertiary/aromatic N) is 4. The molecule has 0 amide bonds. The highest BCUT2D eigenvalue weighted by Crippen LogP contribution is 2.40. The number of esters is 1. The van der Waals surface area contributed by atoms with Crippen molar-refractivity contribution in [1.82, 2.24) is 14.8 Å². The molecule has 2 aromatic carbocycles. The first-order valence-corrected chi connectivity index (χ1v) is 14.8. The maximum atomic E-state index is 16.0. The van der Waals surface area contributed by atoms with Crippen LogP contribution in [0.4, 0.5) is 8.78 Å². The minimum atomic E-state index is -1.25. The van der Waals surface area contributed by atoms with Crippen molar-refractivity contribution in [2.24, 2.45) is 10.7 Å². The first-order chi connectivity index (χ1) is 22.0. The van der Waals surface area contributed by atoms with Gasteiger partial charge >= 0.3 is 5.97 Å². The fraction of sp³-hybridized carbons (Fsp3) is 0.375. The van der Waals surface area contributed by atoms with Crippen LogP contribution in [0.5, 0.6) is 34.8 Å². The van der Waals surface area contributed by atoms with Gasteiger partial charge < -0.3 is 34.7 Å². The summed E-state index contributed by atoms with van der Waals surface area (Å²) in [4.78, 5) is 24.4. The zero-order valence-corrected chi connectivity index (χ0v) is 25.8. The Morgan fingerprint density at radius 1 is 1.09 bits per heavy atom. The van der Waals surface area contributed by atoms with Gasteiger partial charge in [-0.2, -0.15) is 13.8 Å². The van der Waals surface area contributed by atoms with Gasteiger partial charge in [-0.25, -0.2) is 0 Å². The summed E-state index contributed by atoms with van der Waals surface area (Å²) < 4.78 is 54.4. The minimum absolute atomic E-state index is 0.100. The van der Waals surface area contributed by atoms with Crippen LogP contribution in [0.25, 0.3) is 0 Å². The predicted molar refractivity (Wildman–Crippen MR) is 165 cm³/mol. The molecule has 46 heavy (non-hydrogen) atoms. The van der Waals surface area contributed by atoms with Gasteiger partial charge in [0.2, 0.25) is 17.4 Å². The van der Waals surface area contributed by atoms with Crippen LogP contribution in [0.3, 0.4) is 0 Å². The molecular formula is C32H36F2N6O6. The number of aliphatic imine (C=N–C) groups is 1. The number of nitrogens with one attached hydrogen (secondary N) is 1. The first kappa shape index (κ1) is 32.4. The third-order valence-corrected chi connectivity index (χ3v) is 7.36. The average Bonchev–Trinajstić information content (AvgIpc) is 3.45.